The van der Waals surface area contributed by atoms with Gasteiger partial charge in [0, 0.05) is 25.7 Å². The minimum Gasteiger partial charge on any atom is -0.444 e. The number of hydrogen-bond donors (Lipinski definition) is 1. The summed E-state index contributed by atoms with van der Waals surface area (Å²) in [6.07, 6.45) is 2.09. The molecule has 0 radical (unpaired) electrons. The summed E-state index contributed by atoms with van der Waals surface area (Å²) < 4.78 is 16.6. The van der Waals surface area contributed by atoms with E-state index in [0.717, 1.165) is 26.0 Å². The number of nitrogens with zero attached hydrogens (tertiary/aromatic N) is 1. The minimum absolute atomic E-state index is 0.0294. The number of ether oxygens (including phenoxy) is 3. The molecule has 2 saturated heterocycles. The first kappa shape index (κ1) is 17.5. The largest absolute Gasteiger partial charge is 0.444 e. The lowest BCUT2D eigenvalue weighted by atomic mass is 10.0. The summed E-state index contributed by atoms with van der Waals surface area (Å²) in [4.78, 5) is 14.1. The molecule has 22 heavy (non-hydrogen) atoms. The van der Waals surface area contributed by atoms with E-state index in [9.17, 15) is 4.79 Å². The Hall–Kier alpha value is -0.850. The Balaban J connectivity index is 1.85. The van der Waals surface area contributed by atoms with Gasteiger partial charge in [-0.25, -0.2) is 4.79 Å². The molecule has 0 saturated carbocycles. The molecular weight excluding hydrogens is 284 g/mol. The SMILES string of the molecule is CC1CC(NCC2COCCN2C(=O)OC(C)(C)C)CCO1. The fraction of sp³-hybridized carbons (Fsp3) is 0.938. The van der Waals surface area contributed by atoms with Crippen LogP contribution in [-0.2, 0) is 14.2 Å². The van der Waals surface area contributed by atoms with Crippen LogP contribution in [0.2, 0.25) is 0 Å². The van der Waals surface area contributed by atoms with Crippen LogP contribution >= 0.6 is 0 Å². The molecule has 0 bridgehead atoms. The highest BCUT2D eigenvalue weighted by atomic mass is 16.6. The Labute approximate surface area is 133 Å². The molecule has 3 unspecified atom stereocenters. The smallest absolute Gasteiger partial charge is 0.410 e. The van der Waals surface area contributed by atoms with Gasteiger partial charge in [0.25, 0.3) is 0 Å². The molecule has 2 aliphatic rings. The molecule has 0 aromatic carbocycles. The van der Waals surface area contributed by atoms with E-state index >= 15 is 0 Å². The van der Waals surface area contributed by atoms with E-state index in [2.05, 4.69) is 12.2 Å². The third kappa shape index (κ3) is 5.41. The van der Waals surface area contributed by atoms with Crippen LogP contribution in [0.15, 0.2) is 0 Å². The molecule has 0 spiro atoms. The Morgan fingerprint density at radius 3 is 2.82 bits per heavy atom. The number of hydrogen-bond acceptors (Lipinski definition) is 5. The average Bonchev–Trinajstić information content (AvgIpc) is 2.44. The van der Waals surface area contributed by atoms with E-state index in [1.54, 1.807) is 4.90 Å². The highest BCUT2D eigenvalue weighted by Gasteiger charge is 2.31. The molecule has 128 valence electrons. The van der Waals surface area contributed by atoms with Gasteiger partial charge < -0.3 is 19.5 Å². The van der Waals surface area contributed by atoms with Crippen LogP contribution in [0.1, 0.15) is 40.5 Å². The van der Waals surface area contributed by atoms with Crippen LogP contribution in [0.4, 0.5) is 4.79 Å². The van der Waals surface area contributed by atoms with Gasteiger partial charge in [-0.3, -0.25) is 4.90 Å². The first-order chi connectivity index (χ1) is 10.3. The van der Waals surface area contributed by atoms with Gasteiger partial charge in [-0.2, -0.15) is 0 Å². The van der Waals surface area contributed by atoms with Gasteiger partial charge in [0.05, 0.1) is 25.4 Å². The van der Waals surface area contributed by atoms with Gasteiger partial charge in [0.1, 0.15) is 5.60 Å². The van der Waals surface area contributed by atoms with Crippen molar-refractivity contribution in [1.82, 2.24) is 10.2 Å². The second-order valence-corrected chi connectivity index (χ2v) is 7.21. The van der Waals surface area contributed by atoms with Crippen molar-refractivity contribution in [2.45, 2.75) is 64.3 Å². The minimum atomic E-state index is -0.469. The third-order valence-electron chi connectivity index (χ3n) is 3.98. The molecule has 1 amide bonds. The zero-order chi connectivity index (χ0) is 16.2. The molecule has 6 nitrogen and oxygen atoms in total. The lowest BCUT2D eigenvalue weighted by Crippen LogP contribution is -2.55. The van der Waals surface area contributed by atoms with Gasteiger partial charge >= 0.3 is 6.09 Å². The van der Waals surface area contributed by atoms with Crippen LogP contribution in [0, 0.1) is 0 Å². The maximum atomic E-state index is 12.3. The van der Waals surface area contributed by atoms with Crippen molar-refractivity contribution < 1.29 is 19.0 Å². The van der Waals surface area contributed by atoms with E-state index in [-0.39, 0.29) is 12.1 Å². The zero-order valence-corrected chi connectivity index (χ0v) is 14.3. The summed E-state index contributed by atoms with van der Waals surface area (Å²) >= 11 is 0. The van der Waals surface area contributed by atoms with Crippen molar-refractivity contribution in [3.8, 4) is 0 Å². The van der Waals surface area contributed by atoms with Gasteiger partial charge in [-0.05, 0) is 40.5 Å². The summed E-state index contributed by atoms with van der Waals surface area (Å²) in [5, 5.41) is 3.56. The predicted octanol–water partition coefficient (Wildman–Crippen LogP) is 1.78. The average molecular weight is 314 g/mol. The van der Waals surface area contributed by atoms with Crippen LogP contribution in [0.5, 0.6) is 0 Å². The molecule has 3 atom stereocenters. The van der Waals surface area contributed by atoms with E-state index < -0.39 is 5.60 Å². The van der Waals surface area contributed by atoms with E-state index in [1.807, 2.05) is 20.8 Å². The van der Waals surface area contributed by atoms with Crippen molar-refractivity contribution in [1.29, 1.82) is 0 Å². The van der Waals surface area contributed by atoms with Crippen LogP contribution in [0.25, 0.3) is 0 Å². The molecule has 2 heterocycles. The van der Waals surface area contributed by atoms with Crippen LogP contribution in [-0.4, -0.2) is 67.7 Å². The maximum absolute atomic E-state index is 12.3. The molecule has 2 fully saturated rings. The van der Waals surface area contributed by atoms with Crippen LogP contribution < -0.4 is 5.32 Å². The Bertz CT molecular complexity index is 370. The summed E-state index contributed by atoms with van der Waals surface area (Å²) in [6.45, 7) is 11.0. The standard InChI is InChI=1S/C16H30N2O4/c1-12-9-13(5-7-21-12)17-10-14-11-20-8-6-18(14)15(19)22-16(2,3)4/h12-14,17H,5-11H2,1-4H3. The van der Waals surface area contributed by atoms with Crippen LogP contribution in [0.3, 0.4) is 0 Å². The number of nitrogens with one attached hydrogen (secondary N) is 1. The summed E-state index contributed by atoms with van der Waals surface area (Å²) in [5.41, 5.74) is -0.469. The predicted molar refractivity (Wildman–Crippen MR) is 84.0 cm³/mol. The fourth-order valence-electron chi connectivity index (χ4n) is 2.87. The molecule has 0 aromatic rings. The Kier molecular flexibility index (Phi) is 6.06. The topological polar surface area (TPSA) is 60.0 Å². The zero-order valence-electron chi connectivity index (χ0n) is 14.3. The third-order valence-corrected chi connectivity index (χ3v) is 3.98. The van der Waals surface area contributed by atoms with Gasteiger partial charge in [0.2, 0.25) is 0 Å². The molecule has 1 N–H and O–H groups in total. The number of rotatable bonds is 3. The lowest BCUT2D eigenvalue weighted by molar-refractivity contribution is -0.0345. The molecule has 6 heteroatoms. The highest BCUT2D eigenvalue weighted by Crippen LogP contribution is 2.16. The normalized spacial score (nSPS) is 30.2. The number of amides is 1. The second kappa shape index (κ2) is 7.62. The first-order valence-electron chi connectivity index (χ1n) is 8.27. The van der Waals surface area contributed by atoms with Crippen molar-refractivity contribution >= 4 is 6.09 Å². The summed E-state index contributed by atoms with van der Waals surface area (Å²) in [6, 6.07) is 0.480. The van der Waals surface area contributed by atoms with Gasteiger partial charge in [-0.15, -0.1) is 0 Å². The van der Waals surface area contributed by atoms with E-state index in [0.29, 0.717) is 31.9 Å². The lowest BCUT2D eigenvalue weighted by Gasteiger charge is -2.38. The highest BCUT2D eigenvalue weighted by molar-refractivity contribution is 5.68. The van der Waals surface area contributed by atoms with E-state index in [4.69, 9.17) is 14.2 Å². The summed E-state index contributed by atoms with van der Waals surface area (Å²) in [5.74, 6) is 0. The summed E-state index contributed by atoms with van der Waals surface area (Å²) in [7, 11) is 0. The van der Waals surface area contributed by atoms with Crippen molar-refractivity contribution in [3.63, 3.8) is 0 Å². The van der Waals surface area contributed by atoms with Gasteiger partial charge in [0.15, 0.2) is 0 Å². The van der Waals surface area contributed by atoms with Crippen molar-refractivity contribution in [2.75, 3.05) is 32.9 Å². The molecule has 2 rings (SSSR count). The molecule has 0 aliphatic carbocycles. The number of carbonyl (C=O) groups excluding carboxylic acids is 1. The number of carbonyl (C=O) groups is 1. The Morgan fingerprint density at radius 1 is 1.36 bits per heavy atom. The molecular formula is C16H30N2O4. The van der Waals surface area contributed by atoms with Crippen molar-refractivity contribution in [2.24, 2.45) is 0 Å². The molecule has 2 aliphatic heterocycles. The van der Waals surface area contributed by atoms with E-state index in [1.165, 1.54) is 0 Å². The first-order valence-corrected chi connectivity index (χ1v) is 8.27. The fourth-order valence-corrected chi connectivity index (χ4v) is 2.87. The maximum Gasteiger partial charge on any atom is 0.410 e. The van der Waals surface area contributed by atoms with Crippen molar-refractivity contribution in [3.05, 3.63) is 0 Å². The number of morpholine rings is 1. The molecule has 0 aromatic heterocycles. The second-order valence-electron chi connectivity index (χ2n) is 7.21. The quantitative estimate of drug-likeness (QED) is 0.860. The Morgan fingerprint density at radius 2 is 2.14 bits per heavy atom. The van der Waals surface area contributed by atoms with Gasteiger partial charge in [-0.1, -0.05) is 0 Å². The monoisotopic (exact) mass is 314 g/mol.